The third-order valence-electron chi connectivity index (χ3n) is 4.83. The van der Waals surface area contributed by atoms with Crippen LogP contribution < -0.4 is 0 Å². The molecule has 0 aromatic heterocycles. The van der Waals surface area contributed by atoms with Crippen LogP contribution in [-0.4, -0.2) is 24.0 Å². The van der Waals surface area contributed by atoms with Crippen molar-refractivity contribution < 1.29 is 0 Å². The maximum Gasteiger partial charge on any atom is 0.0132 e. The molecule has 0 aromatic carbocycles. The molecule has 68 valence electrons. The molecule has 1 nitrogen and oxygen atoms in total. The molecule has 6 unspecified atom stereocenters. The highest BCUT2D eigenvalue weighted by molar-refractivity contribution is 5.05. The van der Waals surface area contributed by atoms with Crippen LogP contribution in [0.4, 0.5) is 0 Å². The average Bonchev–Trinajstić information content (AvgIpc) is 2.66. The van der Waals surface area contributed by atoms with Gasteiger partial charge in [-0.05, 0) is 43.1 Å². The van der Waals surface area contributed by atoms with Gasteiger partial charge in [-0.15, -0.1) is 0 Å². The highest BCUT2D eigenvalue weighted by atomic mass is 15.2. The van der Waals surface area contributed by atoms with E-state index in [9.17, 15) is 0 Å². The Hall–Kier alpha value is -0.0400. The van der Waals surface area contributed by atoms with Gasteiger partial charge in [-0.1, -0.05) is 13.8 Å². The number of hydrogen-bond acceptors (Lipinski definition) is 1. The van der Waals surface area contributed by atoms with Gasteiger partial charge in [0.25, 0.3) is 0 Å². The van der Waals surface area contributed by atoms with Crippen LogP contribution in [0, 0.1) is 23.7 Å². The summed E-state index contributed by atoms with van der Waals surface area (Å²) in [6, 6.07) is 0.994. The molecule has 2 bridgehead atoms. The van der Waals surface area contributed by atoms with Gasteiger partial charge >= 0.3 is 0 Å². The Balaban J connectivity index is 1.90. The zero-order chi connectivity index (χ0) is 8.29. The molecule has 2 aliphatic heterocycles. The minimum Gasteiger partial charge on any atom is -0.300 e. The summed E-state index contributed by atoms with van der Waals surface area (Å²) in [5.74, 6) is 4.15. The molecule has 3 fully saturated rings. The monoisotopic (exact) mass is 165 g/mol. The van der Waals surface area contributed by atoms with Crippen LogP contribution in [-0.2, 0) is 0 Å². The van der Waals surface area contributed by atoms with Crippen LogP contribution in [0.1, 0.15) is 26.7 Å². The van der Waals surface area contributed by atoms with Crippen molar-refractivity contribution in [1.29, 1.82) is 0 Å². The topological polar surface area (TPSA) is 3.24 Å². The first kappa shape index (κ1) is 7.37. The molecule has 0 amide bonds. The van der Waals surface area contributed by atoms with Crippen LogP contribution in [0.5, 0.6) is 0 Å². The zero-order valence-electron chi connectivity index (χ0n) is 8.16. The molecule has 0 aromatic rings. The average molecular weight is 165 g/mol. The van der Waals surface area contributed by atoms with E-state index < -0.39 is 0 Å². The van der Waals surface area contributed by atoms with Gasteiger partial charge in [0.2, 0.25) is 0 Å². The van der Waals surface area contributed by atoms with E-state index >= 15 is 0 Å². The molecule has 2 saturated heterocycles. The lowest BCUT2D eigenvalue weighted by molar-refractivity contribution is 0.204. The number of rotatable bonds is 0. The van der Waals surface area contributed by atoms with E-state index in [4.69, 9.17) is 0 Å². The molecule has 12 heavy (non-hydrogen) atoms. The third kappa shape index (κ3) is 0.736. The Bertz CT molecular complexity index is 199. The van der Waals surface area contributed by atoms with Crippen molar-refractivity contribution in [3.63, 3.8) is 0 Å². The third-order valence-corrected chi connectivity index (χ3v) is 4.83. The Labute approximate surface area is 75.1 Å². The highest BCUT2D eigenvalue weighted by Crippen LogP contribution is 2.51. The second-order valence-corrected chi connectivity index (χ2v) is 5.26. The van der Waals surface area contributed by atoms with Crippen molar-refractivity contribution in [2.45, 2.75) is 32.7 Å². The van der Waals surface area contributed by atoms with E-state index in [0.29, 0.717) is 0 Å². The smallest absolute Gasteiger partial charge is 0.0132 e. The Morgan fingerprint density at radius 2 is 2.08 bits per heavy atom. The molecule has 3 aliphatic rings. The van der Waals surface area contributed by atoms with Crippen LogP contribution in [0.15, 0.2) is 0 Å². The molecular weight excluding hydrogens is 146 g/mol. The SMILES string of the molecule is CC1CC2C(C3CCN2C3)C1C. The van der Waals surface area contributed by atoms with Crippen LogP contribution in [0.3, 0.4) is 0 Å². The van der Waals surface area contributed by atoms with Crippen molar-refractivity contribution in [3.05, 3.63) is 0 Å². The van der Waals surface area contributed by atoms with Crippen molar-refractivity contribution in [2.24, 2.45) is 23.7 Å². The van der Waals surface area contributed by atoms with E-state index in [1.54, 1.807) is 0 Å². The first-order valence-corrected chi connectivity index (χ1v) is 5.51. The van der Waals surface area contributed by atoms with Gasteiger partial charge in [-0.2, -0.15) is 0 Å². The predicted molar refractivity (Wildman–Crippen MR) is 49.9 cm³/mol. The normalized spacial score (nSPS) is 62.5. The van der Waals surface area contributed by atoms with Crippen LogP contribution in [0.25, 0.3) is 0 Å². The quantitative estimate of drug-likeness (QED) is 0.530. The predicted octanol–water partition coefficient (Wildman–Crippen LogP) is 1.98. The summed E-state index contributed by atoms with van der Waals surface area (Å²) in [5, 5.41) is 0. The molecule has 3 rings (SSSR count). The molecule has 1 aliphatic carbocycles. The van der Waals surface area contributed by atoms with Gasteiger partial charge in [0.15, 0.2) is 0 Å². The molecule has 0 radical (unpaired) electrons. The first-order valence-electron chi connectivity index (χ1n) is 5.51. The summed E-state index contributed by atoms with van der Waals surface area (Å²) in [6.07, 6.45) is 2.99. The summed E-state index contributed by atoms with van der Waals surface area (Å²) >= 11 is 0. The summed E-state index contributed by atoms with van der Waals surface area (Å²) in [7, 11) is 0. The minimum atomic E-state index is 0.989. The Morgan fingerprint density at radius 3 is 2.83 bits per heavy atom. The van der Waals surface area contributed by atoms with E-state index in [1.807, 2.05) is 0 Å². The fourth-order valence-electron chi connectivity index (χ4n) is 4.05. The second-order valence-electron chi connectivity index (χ2n) is 5.26. The molecule has 6 atom stereocenters. The standard InChI is InChI=1S/C11H19N/c1-7-5-10-11(8(7)2)9-3-4-12(10)6-9/h7-11H,3-6H2,1-2H3. The largest absolute Gasteiger partial charge is 0.300 e. The Kier molecular flexibility index (Phi) is 1.39. The number of hydrogen-bond donors (Lipinski definition) is 0. The van der Waals surface area contributed by atoms with E-state index in [2.05, 4.69) is 18.7 Å². The zero-order valence-corrected chi connectivity index (χ0v) is 8.16. The summed E-state index contributed by atoms with van der Waals surface area (Å²) < 4.78 is 0. The van der Waals surface area contributed by atoms with E-state index in [-0.39, 0.29) is 0 Å². The van der Waals surface area contributed by atoms with Gasteiger partial charge in [-0.25, -0.2) is 0 Å². The summed E-state index contributed by atoms with van der Waals surface area (Å²) in [4.78, 5) is 2.76. The van der Waals surface area contributed by atoms with Gasteiger partial charge in [0, 0.05) is 12.6 Å². The molecule has 0 spiro atoms. The highest BCUT2D eigenvalue weighted by Gasteiger charge is 2.53. The first-order chi connectivity index (χ1) is 5.77. The van der Waals surface area contributed by atoms with Crippen molar-refractivity contribution in [3.8, 4) is 0 Å². The maximum absolute atomic E-state index is 2.76. The lowest BCUT2D eigenvalue weighted by atomic mass is 9.81. The molecule has 2 heterocycles. The fourth-order valence-corrected chi connectivity index (χ4v) is 4.05. The molecule has 0 N–H and O–H groups in total. The number of fused-ring (bicyclic) bond motifs is 5. The van der Waals surface area contributed by atoms with Crippen LogP contribution >= 0.6 is 0 Å². The van der Waals surface area contributed by atoms with Gasteiger partial charge < -0.3 is 0 Å². The fraction of sp³-hybridized carbons (Fsp3) is 1.00. The van der Waals surface area contributed by atoms with Crippen molar-refractivity contribution in [2.75, 3.05) is 13.1 Å². The van der Waals surface area contributed by atoms with Gasteiger partial charge in [0.1, 0.15) is 0 Å². The Morgan fingerprint density at radius 1 is 1.25 bits per heavy atom. The molecule has 1 heteroatoms. The number of piperidine rings is 1. The van der Waals surface area contributed by atoms with E-state index in [0.717, 1.165) is 29.7 Å². The lowest BCUT2D eigenvalue weighted by Gasteiger charge is -2.28. The van der Waals surface area contributed by atoms with Gasteiger partial charge in [-0.3, -0.25) is 4.90 Å². The molecular formula is C11H19N. The maximum atomic E-state index is 2.76. The van der Waals surface area contributed by atoms with E-state index in [1.165, 1.54) is 25.9 Å². The van der Waals surface area contributed by atoms with Gasteiger partial charge in [0.05, 0.1) is 0 Å². The lowest BCUT2D eigenvalue weighted by Crippen LogP contribution is -2.33. The molecule has 1 saturated carbocycles. The minimum absolute atomic E-state index is 0.989. The van der Waals surface area contributed by atoms with Crippen molar-refractivity contribution >= 4 is 0 Å². The summed E-state index contributed by atoms with van der Waals surface area (Å²) in [6.45, 7) is 7.78. The summed E-state index contributed by atoms with van der Waals surface area (Å²) in [5.41, 5.74) is 0. The van der Waals surface area contributed by atoms with Crippen molar-refractivity contribution in [1.82, 2.24) is 4.90 Å². The number of nitrogens with zero attached hydrogens (tertiary/aromatic N) is 1. The van der Waals surface area contributed by atoms with Crippen LogP contribution in [0.2, 0.25) is 0 Å². The second kappa shape index (κ2) is 2.25.